The summed E-state index contributed by atoms with van der Waals surface area (Å²) in [6.45, 7) is 4.91. The van der Waals surface area contributed by atoms with Crippen molar-refractivity contribution >= 4 is 0 Å². The molecule has 1 saturated carbocycles. The Bertz CT molecular complexity index is 407. The fraction of sp³-hybridized carbons (Fsp3) is 0.625. The van der Waals surface area contributed by atoms with E-state index in [1.807, 2.05) is 31.2 Å². The Morgan fingerprint density at radius 2 is 1.90 bits per heavy atom. The van der Waals surface area contributed by atoms with Crippen LogP contribution in [0, 0.1) is 5.92 Å². The molecule has 0 heterocycles. The van der Waals surface area contributed by atoms with Crippen LogP contribution in [-0.4, -0.2) is 44.3 Å². The van der Waals surface area contributed by atoms with E-state index in [4.69, 9.17) is 15.2 Å². The van der Waals surface area contributed by atoms with E-state index >= 15 is 0 Å². The number of nitrogens with two attached hydrogens (primary N) is 1. The Labute approximate surface area is 121 Å². The molecule has 1 aliphatic rings. The summed E-state index contributed by atoms with van der Waals surface area (Å²) >= 11 is 0. The highest BCUT2D eigenvalue weighted by atomic mass is 16.5. The fourth-order valence-corrected chi connectivity index (χ4v) is 2.52. The van der Waals surface area contributed by atoms with Crippen LogP contribution < -0.4 is 15.2 Å². The van der Waals surface area contributed by atoms with E-state index < -0.39 is 0 Å². The molecule has 0 bridgehead atoms. The van der Waals surface area contributed by atoms with Crippen molar-refractivity contribution in [2.75, 3.05) is 33.4 Å². The molecule has 0 aliphatic heterocycles. The van der Waals surface area contributed by atoms with Crippen LogP contribution in [0.25, 0.3) is 0 Å². The minimum atomic E-state index is 0.501. The highest BCUT2D eigenvalue weighted by Gasteiger charge is 2.32. The lowest BCUT2D eigenvalue weighted by molar-refractivity contribution is 0.176. The topological polar surface area (TPSA) is 47.7 Å². The molecule has 1 aromatic rings. The molecule has 0 amide bonds. The first-order valence-electron chi connectivity index (χ1n) is 7.51. The number of benzene rings is 1. The first-order valence-corrected chi connectivity index (χ1v) is 7.51. The van der Waals surface area contributed by atoms with Gasteiger partial charge in [-0.3, -0.25) is 4.90 Å². The molecule has 1 aromatic carbocycles. The molecule has 4 nitrogen and oxygen atoms in total. The molecule has 1 fully saturated rings. The molecule has 1 unspecified atom stereocenters. The largest absolute Gasteiger partial charge is 0.490 e. The van der Waals surface area contributed by atoms with Crippen LogP contribution in [0.1, 0.15) is 19.8 Å². The van der Waals surface area contributed by atoms with Gasteiger partial charge in [0.25, 0.3) is 0 Å². The van der Waals surface area contributed by atoms with E-state index in [1.54, 1.807) is 0 Å². The highest BCUT2D eigenvalue weighted by Crippen LogP contribution is 2.34. The molecule has 112 valence electrons. The van der Waals surface area contributed by atoms with Crippen LogP contribution >= 0.6 is 0 Å². The second-order valence-corrected chi connectivity index (χ2v) is 5.35. The van der Waals surface area contributed by atoms with Crippen molar-refractivity contribution in [2.24, 2.45) is 11.7 Å². The smallest absolute Gasteiger partial charge is 0.161 e. The molecular formula is C16H26N2O2. The zero-order valence-corrected chi connectivity index (χ0v) is 12.5. The quantitative estimate of drug-likeness (QED) is 0.752. The Kier molecular flexibility index (Phi) is 5.68. The Morgan fingerprint density at radius 1 is 1.25 bits per heavy atom. The van der Waals surface area contributed by atoms with Crippen LogP contribution in [-0.2, 0) is 0 Å². The van der Waals surface area contributed by atoms with Crippen molar-refractivity contribution in [1.82, 2.24) is 4.90 Å². The highest BCUT2D eigenvalue weighted by molar-refractivity contribution is 5.39. The number of hydrogen-bond donors (Lipinski definition) is 1. The van der Waals surface area contributed by atoms with E-state index in [1.165, 1.54) is 12.8 Å². The van der Waals surface area contributed by atoms with E-state index in [2.05, 4.69) is 11.9 Å². The average molecular weight is 278 g/mol. The van der Waals surface area contributed by atoms with Gasteiger partial charge in [-0.25, -0.2) is 0 Å². The predicted octanol–water partition coefficient (Wildman–Crippen LogP) is 2.13. The number of hydrogen-bond acceptors (Lipinski definition) is 4. The third-order valence-electron chi connectivity index (χ3n) is 3.82. The van der Waals surface area contributed by atoms with E-state index in [-0.39, 0.29) is 0 Å². The van der Waals surface area contributed by atoms with Crippen molar-refractivity contribution in [3.8, 4) is 11.5 Å². The molecule has 0 saturated heterocycles. The van der Waals surface area contributed by atoms with Gasteiger partial charge in [0.05, 0.1) is 6.61 Å². The maximum absolute atomic E-state index is 5.86. The molecule has 20 heavy (non-hydrogen) atoms. The van der Waals surface area contributed by atoms with E-state index in [0.717, 1.165) is 30.5 Å². The Morgan fingerprint density at radius 3 is 2.45 bits per heavy atom. The molecule has 0 aromatic heterocycles. The SMILES string of the molecule is CCOc1ccccc1OCCN(C)C(CN)C1CC1. The van der Waals surface area contributed by atoms with Crippen LogP contribution in [0.3, 0.4) is 0 Å². The number of rotatable bonds is 9. The summed E-state index contributed by atoms with van der Waals surface area (Å²) in [6, 6.07) is 8.32. The fourth-order valence-electron chi connectivity index (χ4n) is 2.52. The van der Waals surface area contributed by atoms with Crippen molar-refractivity contribution in [2.45, 2.75) is 25.8 Å². The van der Waals surface area contributed by atoms with Gasteiger partial charge in [-0.2, -0.15) is 0 Å². The van der Waals surface area contributed by atoms with Gasteiger partial charge in [0.2, 0.25) is 0 Å². The second-order valence-electron chi connectivity index (χ2n) is 5.35. The van der Waals surface area contributed by atoms with Gasteiger partial charge >= 0.3 is 0 Å². The van der Waals surface area contributed by atoms with Gasteiger partial charge in [0.1, 0.15) is 6.61 Å². The van der Waals surface area contributed by atoms with Crippen LogP contribution in [0.4, 0.5) is 0 Å². The van der Waals surface area contributed by atoms with Gasteiger partial charge in [-0.05, 0) is 44.9 Å². The summed E-state index contributed by atoms with van der Waals surface area (Å²) in [5.41, 5.74) is 5.86. The lowest BCUT2D eigenvalue weighted by Gasteiger charge is -2.26. The number of nitrogens with zero attached hydrogens (tertiary/aromatic N) is 1. The van der Waals surface area contributed by atoms with Gasteiger partial charge in [-0.15, -0.1) is 0 Å². The third-order valence-corrected chi connectivity index (χ3v) is 3.82. The molecule has 1 aliphatic carbocycles. The first kappa shape index (κ1) is 15.1. The minimum Gasteiger partial charge on any atom is -0.490 e. The number of ether oxygens (including phenoxy) is 2. The Hall–Kier alpha value is -1.26. The third kappa shape index (κ3) is 4.12. The molecule has 4 heteroatoms. The first-order chi connectivity index (χ1) is 9.76. The second kappa shape index (κ2) is 7.50. The van der Waals surface area contributed by atoms with Gasteiger partial charge in [0, 0.05) is 19.1 Å². The summed E-state index contributed by atoms with van der Waals surface area (Å²) < 4.78 is 11.4. The molecule has 1 atom stereocenters. The van der Waals surface area contributed by atoms with Crippen molar-refractivity contribution < 1.29 is 9.47 Å². The molecule has 0 radical (unpaired) electrons. The summed E-state index contributed by atoms with van der Waals surface area (Å²) in [6.07, 6.45) is 2.64. The summed E-state index contributed by atoms with van der Waals surface area (Å²) in [7, 11) is 2.13. The number of likely N-dealkylation sites (N-methyl/N-ethyl adjacent to an activating group) is 1. The van der Waals surface area contributed by atoms with E-state index in [0.29, 0.717) is 19.3 Å². The number of para-hydroxylation sites is 2. The monoisotopic (exact) mass is 278 g/mol. The summed E-state index contributed by atoms with van der Waals surface area (Å²) in [4.78, 5) is 2.32. The van der Waals surface area contributed by atoms with E-state index in [9.17, 15) is 0 Å². The Balaban J connectivity index is 1.80. The van der Waals surface area contributed by atoms with Gasteiger partial charge in [-0.1, -0.05) is 12.1 Å². The predicted molar refractivity (Wildman–Crippen MR) is 81.3 cm³/mol. The lowest BCUT2D eigenvalue weighted by Crippen LogP contribution is -2.41. The summed E-state index contributed by atoms with van der Waals surface area (Å²) in [5, 5.41) is 0. The maximum Gasteiger partial charge on any atom is 0.161 e. The lowest BCUT2D eigenvalue weighted by atomic mass is 10.1. The zero-order chi connectivity index (χ0) is 14.4. The van der Waals surface area contributed by atoms with Gasteiger partial charge < -0.3 is 15.2 Å². The average Bonchev–Trinajstić information content (AvgIpc) is 3.26. The zero-order valence-electron chi connectivity index (χ0n) is 12.5. The maximum atomic E-state index is 5.86. The molecule has 2 rings (SSSR count). The van der Waals surface area contributed by atoms with Crippen LogP contribution in [0.2, 0.25) is 0 Å². The van der Waals surface area contributed by atoms with Gasteiger partial charge in [0.15, 0.2) is 11.5 Å². The molecular weight excluding hydrogens is 252 g/mol. The standard InChI is InChI=1S/C16H26N2O2/c1-3-19-15-6-4-5-7-16(15)20-11-10-18(2)14(12-17)13-8-9-13/h4-7,13-14H,3,8-12,17H2,1-2H3. The summed E-state index contributed by atoms with van der Waals surface area (Å²) in [5.74, 6) is 2.43. The normalized spacial score (nSPS) is 16.2. The minimum absolute atomic E-state index is 0.501. The van der Waals surface area contributed by atoms with Crippen molar-refractivity contribution in [1.29, 1.82) is 0 Å². The van der Waals surface area contributed by atoms with Crippen molar-refractivity contribution in [3.05, 3.63) is 24.3 Å². The molecule has 0 spiro atoms. The van der Waals surface area contributed by atoms with Crippen LogP contribution in [0.15, 0.2) is 24.3 Å². The van der Waals surface area contributed by atoms with Crippen LogP contribution in [0.5, 0.6) is 11.5 Å². The van der Waals surface area contributed by atoms with Crippen molar-refractivity contribution in [3.63, 3.8) is 0 Å². The molecule has 2 N–H and O–H groups in total.